The lowest BCUT2D eigenvalue weighted by Crippen LogP contribution is -2.14. The molecule has 1 atom stereocenters. The molecule has 96 valence electrons. The maximum atomic E-state index is 6.07. The highest BCUT2D eigenvalue weighted by atomic mass is 15.1. The van der Waals surface area contributed by atoms with Crippen molar-refractivity contribution in [2.75, 3.05) is 6.54 Å². The molecule has 0 saturated heterocycles. The summed E-state index contributed by atoms with van der Waals surface area (Å²) in [4.78, 5) is 2.47. The number of nitrogens with two attached hydrogens (primary N) is 1. The van der Waals surface area contributed by atoms with Gasteiger partial charge in [0.2, 0.25) is 0 Å². The first-order valence-electron chi connectivity index (χ1n) is 6.68. The maximum absolute atomic E-state index is 6.07. The number of fused-ring (bicyclic) bond motifs is 2. The van der Waals surface area contributed by atoms with Gasteiger partial charge >= 0.3 is 0 Å². The lowest BCUT2D eigenvalue weighted by atomic mass is 10.0. The van der Waals surface area contributed by atoms with Crippen LogP contribution >= 0.6 is 0 Å². The van der Waals surface area contributed by atoms with Crippen LogP contribution in [-0.4, -0.2) is 16.0 Å². The largest absolute Gasteiger partial charge is 0.350 e. The Morgan fingerprint density at radius 2 is 1.94 bits per heavy atom. The molecule has 0 spiro atoms. The molecule has 0 radical (unpaired) electrons. The van der Waals surface area contributed by atoms with Crippen LogP contribution in [0, 0.1) is 0 Å². The summed E-state index contributed by atoms with van der Waals surface area (Å²) in [6.45, 7) is 7.56. The van der Waals surface area contributed by atoms with Crippen molar-refractivity contribution in [2.45, 2.75) is 33.0 Å². The van der Waals surface area contributed by atoms with Crippen LogP contribution < -0.4 is 5.73 Å². The van der Waals surface area contributed by atoms with E-state index in [2.05, 4.69) is 48.7 Å². The van der Waals surface area contributed by atoms with Crippen molar-refractivity contribution in [1.29, 1.82) is 0 Å². The van der Waals surface area contributed by atoms with Gasteiger partial charge in [0.25, 0.3) is 0 Å². The zero-order chi connectivity index (χ0) is 12.9. The Bertz CT molecular complexity index is 595. The third-order valence-electron chi connectivity index (χ3n) is 4.07. The van der Waals surface area contributed by atoms with Gasteiger partial charge in [0.1, 0.15) is 0 Å². The van der Waals surface area contributed by atoms with E-state index in [1.807, 2.05) is 0 Å². The lowest BCUT2D eigenvalue weighted by molar-refractivity contribution is 0.301. The summed E-state index contributed by atoms with van der Waals surface area (Å²) in [6, 6.07) is 4.78. The molecule has 0 amide bonds. The summed E-state index contributed by atoms with van der Waals surface area (Å²) in [7, 11) is 2.10. The predicted molar refractivity (Wildman–Crippen MR) is 75.3 cm³/mol. The van der Waals surface area contributed by atoms with E-state index in [9.17, 15) is 0 Å². The van der Waals surface area contributed by atoms with E-state index in [4.69, 9.17) is 5.73 Å². The molecular formula is C15H21N3. The van der Waals surface area contributed by atoms with Crippen molar-refractivity contribution < 1.29 is 0 Å². The molecule has 18 heavy (non-hydrogen) atoms. The third-order valence-corrected chi connectivity index (χ3v) is 4.07. The van der Waals surface area contributed by atoms with Gasteiger partial charge in [-0.3, -0.25) is 4.90 Å². The molecule has 2 heterocycles. The van der Waals surface area contributed by atoms with Gasteiger partial charge < -0.3 is 10.3 Å². The Hall–Kier alpha value is -1.32. The second-order valence-electron chi connectivity index (χ2n) is 5.43. The predicted octanol–water partition coefficient (Wildman–Crippen LogP) is 2.53. The maximum Gasteiger partial charge on any atom is 0.0484 e. The highest BCUT2D eigenvalue weighted by Crippen LogP contribution is 2.31. The second kappa shape index (κ2) is 4.11. The number of hydrogen-bond donors (Lipinski definition) is 1. The molecular weight excluding hydrogens is 222 g/mol. The first-order valence-corrected chi connectivity index (χ1v) is 6.68. The van der Waals surface area contributed by atoms with Crippen LogP contribution in [0.15, 0.2) is 18.3 Å². The molecule has 1 unspecified atom stereocenters. The number of nitrogens with zero attached hydrogens (tertiary/aromatic N) is 2. The molecule has 1 aromatic heterocycles. The minimum absolute atomic E-state index is 0.0930. The molecule has 3 nitrogen and oxygen atoms in total. The molecule has 2 N–H and O–H groups in total. The SMILES string of the molecule is CCN1Cc2cc3c(C(C)N)cn(C)c3cc2C1. The Morgan fingerprint density at radius 1 is 1.28 bits per heavy atom. The lowest BCUT2D eigenvalue weighted by Gasteiger charge is -2.09. The summed E-state index contributed by atoms with van der Waals surface area (Å²) < 4.78 is 2.20. The molecule has 0 fully saturated rings. The van der Waals surface area contributed by atoms with Gasteiger partial charge in [-0.1, -0.05) is 6.92 Å². The minimum atomic E-state index is 0.0930. The first kappa shape index (κ1) is 11.8. The fourth-order valence-electron chi connectivity index (χ4n) is 2.97. The van der Waals surface area contributed by atoms with Crippen LogP contribution in [0.2, 0.25) is 0 Å². The molecule has 1 aromatic carbocycles. The van der Waals surface area contributed by atoms with Crippen molar-refractivity contribution in [3.8, 4) is 0 Å². The summed E-state index contributed by atoms with van der Waals surface area (Å²) in [6.07, 6.45) is 2.17. The van der Waals surface area contributed by atoms with Crippen molar-refractivity contribution >= 4 is 10.9 Å². The molecule has 3 rings (SSSR count). The van der Waals surface area contributed by atoms with Crippen LogP contribution in [0.5, 0.6) is 0 Å². The van der Waals surface area contributed by atoms with Crippen molar-refractivity contribution in [2.24, 2.45) is 12.8 Å². The van der Waals surface area contributed by atoms with E-state index in [1.54, 1.807) is 0 Å². The van der Waals surface area contributed by atoms with E-state index >= 15 is 0 Å². The molecule has 1 aliphatic rings. The topological polar surface area (TPSA) is 34.2 Å². The standard InChI is InChI=1S/C15H21N3/c1-4-18-7-11-5-13-14(10(2)16)9-17(3)15(13)6-12(11)8-18/h5-6,9-10H,4,7-8,16H2,1-3H3. The molecule has 3 heteroatoms. The van der Waals surface area contributed by atoms with Crippen molar-refractivity contribution in [1.82, 2.24) is 9.47 Å². The fraction of sp³-hybridized carbons (Fsp3) is 0.467. The van der Waals surface area contributed by atoms with Gasteiger partial charge in [-0.25, -0.2) is 0 Å². The summed E-state index contributed by atoms with van der Waals surface area (Å²) >= 11 is 0. The van der Waals surface area contributed by atoms with Crippen LogP contribution in [0.1, 0.15) is 36.6 Å². The van der Waals surface area contributed by atoms with Gasteiger partial charge in [0.15, 0.2) is 0 Å². The van der Waals surface area contributed by atoms with Crippen molar-refractivity contribution in [3.05, 3.63) is 35.0 Å². The summed E-state index contributed by atoms with van der Waals surface area (Å²) in [5.41, 5.74) is 11.6. The molecule has 0 aliphatic carbocycles. The second-order valence-corrected chi connectivity index (χ2v) is 5.43. The zero-order valence-electron chi connectivity index (χ0n) is 11.4. The van der Waals surface area contributed by atoms with Gasteiger partial charge in [-0.2, -0.15) is 0 Å². The Labute approximate surface area is 108 Å². The molecule has 0 saturated carbocycles. The normalized spacial score (nSPS) is 17.3. The van der Waals surface area contributed by atoms with Crippen LogP contribution in [0.3, 0.4) is 0 Å². The number of benzene rings is 1. The number of aromatic nitrogens is 1. The average Bonchev–Trinajstić information content (AvgIpc) is 2.88. The average molecular weight is 243 g/mol. The van der Waals surface area contributed by atoms with E-state index in [1.165, 1.54) is 27.6 Å². The summed E-state index contributed by atoms with van der Waals surface area (Å²) in [5, 5.41) is 1.32. The highest BCUT2D eigenvalue weighted by molar-refractivity contribution is 5.86. The zero-order valence-corrected chi connectivity index (χ0v) is 11.4. The fourth-order valence-corrected chi connectivity index (χ4v) is 2.97. The first-order chi connectivity index (χ1) is 8.60. The van der Waals surface area contributed by atoms with E-state index in [0.29, 0.717) is 0 Å². The van der Waals surface area contributed by atoms with E-state index < -0.39 is 0 Å². The quantitative estimate of drug-likeness (QED) is 0.879. The van der Waals surface area contributed by atoms with Crippen molar-refractivity contribution in [3.63, 3.8) is 0 Å². The number of aryl methyl sites for hydroxylation is 1. The third kappa shape index (κ3) is 1.66. The van der Waals surface area contributed by atoms with Gasteiger partial charge in [-0.05, 0) is 42.3 Å². The van der Waals surface area contributed by atoms with Gasteiger partial charge in [0.05, 0.1) is 0 Å². The van der Waals surface area contributed by atoms with E-state index in [0.717, 1.165) is 19.6 Å². The molecule has 2 aromatic rings. The Kier molecular flexibility index (Phi) is 2.68. The monoisotopic (exact) mass is 243 g/mol. The number of hydrogen-bond acceptors (Lipinski definition) is 2. The van der Waals surface area contributed by atoms with Gasteiger partial charge in [-0.15, -0.1) is 0 Å². The molecule has 0 bridgehead atoms. The Balaban J connectivity index is 2.18. The highest BCUT2D eigenvalue weighted by Gasteiger charge is 2.20. The minimum Gasteiger partial charge on any atom is -0.350 e. The van der Waals surface area contributed by atoms with Crippen LogP contribution in [-0.2, 0) is 20.1 Å². The van der Waals surface area contributed by atoms with Crippen LogP contribution in [0.4, 0.5) is 0 Å². The van der Waals surface area contributed by atoms with Crippen LogP contribution in [0.25, 0.3) is 10.9 Å². The number of rotatable bonds is 2. The molecule has 1 aliphatic heterocycles. The smallest absolute Gasteiger partial charge is 0.0484 e. The van der Waals surface area contributed by atoms with Gasteiger partial charge in [0, 0.05) is 43.3 Å². The Morgan fingerprint density at radius 3 is 2.56 bits per heavy atom. The summed E-state index contributed by atoms with van der Waals surface area (Å²) in [5.74, 6) is 0. The van der Waals surface area contributed by atoms with E-state index in [-0.39, 0.29) is 6.04 Å².